The smallest absolute Gasteiger partial charge is 0.165 e. The van der Waals surface area contributed by atoms with Gasteiger partial charge in [-0.2, -0.15) is 0 Å². The van der Waals surface area contributed by atoms with Crippen molar-refractivity contribution in [1.82, 2.24) is 0 Å². The summed E-state index contributed by atoms with van der Waals surface area (Å²) < 4.78 is 0. The average molecular weight is 238 g/mol. The lowest BCUT2D eigenvalue weighted by atomic mass is 9.95. The van der Waals surface area contributed by atoms with Gasteiger partial charge in [0, 0.05) is 11.5 Å². The summed E-state index contributed by atoms with van der Waals surface area (Å²) >= 11 is 0. The zero-order chi connectivity index (χ0) is 13.0. The normalized spacial score (nSPS) is 12.1. The number of ketones is 1. The molecule has 92 valence electrons. The molecule has 0 amide bonds. The van der Waals surface area contributed by atoms with Crippen LogP contribution in [-0.4, -0.2) is 5.78 Å². The van der Waals surface area contributed by atoms with Crippen molar-refractivity contribution in [1.29, 1.82) is 0 Å². The molecule has 0 aliphatic carbocycles. The van der Waals surface area contributed by atoms with Crippen molar-refractivity contribution in [2.24, 2.45) is 5.92 Å². The van der Waals surface area contributed by atoms with Crippen molar-refractivity contribution < 1.29 is 4.79 Å². The highest BCUT2D eigenvalue weighted by Gasteiger charge is 2.12. The summed E-state index contributed by atoms with van der Waals surface area (Å²) in [4.78, 5) is 12.0. The van der Waals surface area contributed by atoms with Crippen LogP contribution < -0.4 is 0 Å². The van der Waals surface area contributed by atoms with E-state index in [1.807, 2.05) is 56.3 Å². The molecule has 0 N–H and O–H groups in total. The van der Waals surface area contributed by atoms with Gasteiger partial charge in [0.2, 0.25) is 0 Å². The van der Waals surface area contributed by atoms with Crippen LogP contribution in [-0.2, 0) is 0 Å². The van der Waals surface area contributed by atoms with Crippen LogP contribution in [0.5, 0.6) is 0 Å². The number of hydrogen-bond donors (Lipinski definition) is 0. The Balaban J connectivity index is 2.23. The molecule has 0 heterocycles. The van der Waals surface area contributed by atoms with Crippen LogP contribution in [0.1, 0.15) is 30.6 Å². The minimum atomic E-state index is 0.104. The summed E-state index contributed by atoms with van der Waals surface area (Å²) in [5.74, 6) is 0.338. The molecule has 0 saturated heterocycles. The second kappa shape index (κ2) is 5.63. The number of Topliss-reactive ketones (excluding diaryl/α,β-unsaturated/α-hetero) is 1. The number of carbonyl (C=O) groups excluding carboxylic acids is 1. The minimum absolute atomic E-state index is 0.104. The Hall–Kier alpha value is -1.89. The standard InChI is InChI=1S/C17H18O/c1-3-13(2)17(18)16-11-9-15(10-12-16)14-7-5-4-6-8-14/h4-13H,3H2,1-2H3/t13-/m0/s1. The Morgan fingerprint density at radius 2 is 1.50 bits per heavy atom. The van der Waals surface area contributed by atoms with E-state index in [1.165, 1.54) is 5.56 Å². The first kappa shape index (κ1) is 12.6. The van der Waals surface area contributed by atoms with E-state index < -0.39 is 0 Å². The molecule has 0 aromatic heterocycles. The van der Waals surface area contributed by atoms with Crippen LogP contribution >= 0.6 is 0 Å². The lowest BCUT2D eigenvalue weighted by Crippen LogP contribution is -2.09. The van der Waals surface area contributed by atoms with Crippen molar-refractivity contribution in [2.75, 3.05) is 0 Å². The number of rotatable bonds is 4. The first-order valence-corrected chi connectivity index (χ1v) is 6.42. The van der Waals surface area contributed by atoms with Gasteiger partial charge >= 0.3 is 0 Å². The van der Waals surface area contributed by atoms with E-state index in [4.69, 9.17) is 0 Å². The molecule has 18 heavy (non-hydrogen) atoms. The molecule has 0 aliphatic heterocycles. The van der Waals surface area contributed by atoms with Crippen LogP contribution in [0.4, 0.5) is 0 Å². The van der Waals surface area contributed by atoms with E-state index in [0.29, 0.717) is 0 Å². The Labute approximate surface area is 108 Å². The molecular formula is C17H18O. The van der Waals surface area contributed by atoms with Crippen molar-refractivity contribution >= 4 is 5.78 Å². The minimum Gasteiger partial charge on any atom is -0.294 e. The number of benzene rings is 2. The largest absolute Gasteiger partial charge is 0.294 e. The van der Waals surface area contributed by atoms with E-state index >= 15 is 0 Å². The first-order chi connectivity index (χ1) is 8.72. The molecule has 1 atom stereocenters. The predicted molar refractivity (Wildman–Crippen MR) is 75.7 cm³/mol. The highest BCUT2D eigenvalue weighted by Crippen LogP contribution is 2.20. The summed E-state index contributed by atoms with van der Waals surface area (Å²) in [6.45, 7) is 4.02. The van der Waals surface area contributed by atoms with Gasteiger partial charge in [-0.05, 0) is 17.5 Å². The van der Waals surface area contributed by atoms with Gasteiger partial charge in [0.25, 0.3) is 0 Å². The topological polar surface area (TPSA) is 17.1 Å². The van der Waals surface area contributed by atoms with Gasteiger partial charge in [0.05, 0.1) is 0 Å². The molecule has 0 aliphatic rings. The molecule has 0 spiro atoms. The maximum Gasteiger partial charge on any atom is 0.165 e. The van der Waals surface area contributed by atoms with E-state index in [0.717, 1.165) is 17.5 Å². The fourth-order valence-corrected chi connectivity index (χ4v) is 1.93. The van der Waals surface area contributed by atoms with E-state index in [9.17, 15) is 4.79 Å². The fourth-order valence-electron chi connectivity index (χ4n) is 1.93. The molecule has 0 bridgehead atoms. The summed E-state index contributed by atoms with van der Waals surface area (Å²) in [6.07, 6.45) is 0.888. The van der Waals surface area contributed by atoms with Crippen molar-refractivity contribution in [2.45, 2.75) is 20.3 Å². The van der Waals surface area contributed by atoms with Gasteiger partial charge in [-0.1, -0.05) is 68.4 Å². The lowest BCUT2D eigenvalue weighted by Gasteiger charge is -2.08. The molecular weight excluding hydrogens is 220 g/mol. The third-order valence-corrected chi connectivity index (χ3v) is 3.34. The van der Waals surface area contributed by atoms with Crippen molar-refractivity contribution in [3.8, 4) is 11.1 Å². The molecule has 2 aromatic rings. The summed E-state index contributed by atoms with van der Waals surface area (Å²) in [7, 11) is 0. The Kier molecular flexibility index (Phi) is 3.93. The van der Waals surface area contributed by atoms with Gasteiger partial charge in [-0.3, -0.25) is 4.79 Å². The summed E-state index contributed by atoms with van der Waals surface area (Å²) in [6, 6.07) is 18.1. The average Bonchev–Trinajstić information content (AvgIpc) is 2.47. The van der Waals surface area contributed by atoms with Crippen LogP contribution in [0, 0.1) is 5.92 Å². The second-order valence-electron chi connectivity index (χ2n) is 4.62. The third kappa shape index (κ3) is 2.67. The monoisotopic (exact) mass is 238 g/mol. The van der Waals surface area contributed by atoms with Gasteiger partial charge < -0.3 is 0 Å². The van der Waals surface area contributed by atoms with Crippen LogP contribution in [0.2, 0.25) is 0 Å². The SMILES string of the molecule is CC[C@H](C)C(=O)c1ccc(-c2ccccc2)cc1. The van der Waals surface area contributed by atoms with Crippen molar-refractivity contribution in [3.05, 3.63) is 60.2 Å². The third-order valence-electron chi connectivity index (χ3n) is 3.34. The van der Waals surface area contributed by atoms with Crippen LogP contribution in [0.25, 0.3) is 11.1 Å². The quantitative estimate of drug-likeness (QED) is 0.712. The molecule has 2 aromatic carbocycles. The summed E-state index contributed by atoms with van der Waals surface area (Å²) in [5, 5.41) is 0. The zero-order valence-corrected chi connectivity index (χ0v) is 10.9. The van der Waals surface area contributed by atoms with Crippen LogP contribution in [0.3, 0.4) is 0 Å². The second-order valence-corrected chi connectivity index (χ2v) is 4.62. The Bertz CT molecular complexity index is 511. The molecule has 0 unspecified atom stereocenters. The van der Waals surface area contributed by atoms with E-state index in [2.05, 4.69) is 12.1 Å². The zero-order valence-electron chi connectivity index (χ0n) is 10.9. The van der Waals surface area contributed by atoms with Gasteiger partial charge in [-0.15, -0.1) is 0 Å². The van der Waals surface area contributed by atoms with Gasteiger partial charge in [-0.25, -0.2) is 0 Å². The number of hydrogen-bond acceptors (Lipinski definition) is 1. The first-order valence-electron chi connectivity index (χ1n) is 6.42. The van der Waals surface area contributed by atoms with Crippen molar-refractivity contribution in [3.63, 3.8) is 0 Å². The lowest BCUT2D eigenvalue weighted by molar-refractivity contribution is 0.0927. The predicted octanol–water partition coefficient (Wildman–Crippen LogP) is 4.58. The maximum absolute atomic E-state index is 12.0. The summed E-state index contributed by atoms with van der Waals surface area (Å²) in [5.41, 5.74) is 3.14. The fraction of sp³-hybridized carbons (Fsp3) is 0.235. The van der Waals surface area contributed by atoms with Gasteiger partial charge in [0.15, 0.2) is 5.78 Å². The molecule has 0 fully saturated rings. The molecule has 0 saturated carbocycles. The molecule has 1 heteroatoms. The number of carbonyl (C=O) groups is 1. The molecule has 2 rings (SSSR count). The molecule has 0 radical (unpaired) electrons. The maximum atomic E-state index is 12.0. The van der Waals surface area contributed by atoms with Crippen LogP contribution in [0.15, 0.2) is 54.6 Å². The van der Waals surface area contributed by atoms with Gasteiger partial charge in [0.1, 0.15) is 0 Å². The molecule has 1 nitrogen and oxygen atoms in total. The highest BCUT2D eigenvalue weighted by atomic mass is 16.1. The van der Waals surface area contributed by atoms with E-state index in [-0.39, 0.29) is 11.7 Å². The Morgan fingerprint density at radius 1 is 0.944 bits per heavy atom. The Morgan fingerprint density at radius 3 is 2.06 bits per heavy atom. The highest BCUT2D eigenvalue weighted by molar-refractivity contribution is 5.98. The van der Waals surface area contributed by atoms with E-state index in [1.54, 1.807) is 0 Å².